The number of nitrogens with one attached hydrogen (secondary N) is 1. The van der Waals surface area contributed by atoms with Crippen LogP contribution in [0.1, 0.15) is 13.8 Å². The van der Waals surface area contributed by atoms with Gasteiger partial charge in [-0.3, -0.25) is 0 Å². The van der Waals surface area contributed by atoms with Crippen molar-refractivity contribution in [2.24, 2.45) is 5.41 Å². The molecule has 0 aliphatic rings. The molecule has 1 rings (SSSR count). The van der Waals surface area contributed by atoms with E-state index in [1.165, 1.54) is 12.3 Å². The summed E-state index contributed by atoms with van der Waals surface area (Å²) in [6, 6.07) is 1.46. The summed E-state index contributed by atoms with van der Waals surface area (Å²) in [5.74, 6) is 0.238. The second-order valence-electron chi connectivity index (χ2n) is 3.67. The van der Waals surface area contributed by atoms with Crippen LogP contribution in [0, 0.1) is 5.41 Å². The van der Waals surface area contributed by atoms with Crippen LogP contribution in [0.3, 0.4) is 0 Å². The van der Waals surface area contributed by atoms with Gasteiger partial charge in [0.15, 0.2) is 0 Å². The quantitative estimate of drug-likeness (QED) is 0.890. The van der Waals surface area contributed by atoms with Crippen molar-refractivity contribution in [1.82, 2.24) is 10.2 Å². The van der Waals surface area contributed by atoms with E-state index >= 15 is 0 Å². The van der Waals surface area contributed by atoms with Gasteiger partial charge in [-0.05, 0) is 13.8 Å². The Morgan fingerprint density at radius 1 is 1.41 bits per heavy atom. The highest BCUT2D eigenvalue weighted by molar-refractivity contribution is 5.20. The van der Waals surface area contributed by atoms with E-state index in [0.717, 1.165) is 13.8 Å². The number of rotatable bonds is 3. The fourth-order valence-electron chi connectivity index (χ4n) is 0.664. The van der Waals surface area contributed by atoms with Crippen LogP contribution in [0.2, 0.25) is 0 Å². The first-order valence-electron chi connectivity index (χ1n) is 4.43. The first-order chi connectivity index (χ1) is 7.74. The van der Waals surface area contributed by atoms with E-state index in [-0.39, 0.29) is 12.0 Å². The van der Waals surface area contributed by atoms with Gasteiger partial charge in [-0.2, -0.15) is 27.9 Å². The summed E-state index contributed by atoms with van der Waals surface area (Å²) in [5.41, 5.74) is -1.86. The minimum absolute atomic E-state index is 0.238. The number of carbonyl (C=O) groups excluding carboxylic acids is 2. The van der Waals surface area contributed by atoms with Gasteiger partial charge in [0.05, 0.1) is 11.6 Å². The lowest BCUT2D eigenvalue weighted by molar-refractivity contribution is -0.219. The van der Waals surface area contributed by atoms with Crippen LogP contribution in [0.15, 0.2) is 12.3 Å². The van der Waals surface area contributed by atoms with Crippen molar-refractivity contribution in [2.45, 2.75) is 20.0 Å². The maximum absolute atomic E-state index is 12.4. The highest BCUT2D eigenvalue weighted by Crippen LogP contribution is 2.37. The van der Waals surface area contributed by atoms with Crippen LogP contribution >= 0.6 is 0 Å². The lowest BCUT2D eigenvalue weighted by Gasteiger charge is -2.26. The fraction of sp³-hybridized carbons (Fsp3) is 0.556. The lowest BCUT2D eigenvalue weighted by Crippen LogP contribution is -2.37. The summed E-state index contributed by atoms with van der Waals surface area (Å²) in [6.07, 6.45) is -2.61. The average molecular weight is 252 g/mol. The predicted molar refractivity (Wildman–Crippen MR) is 48.9 cm³/mol. The SMILES string of the molecule is CC(C)(COc1ccn[nH]1)C(F)(F)F.O=C=O. The number of aromatic nitrogens is 2. The molecule has 0 spiro atoms. The van der Waals surface area contributed by atoms with Gasteiger partial charge in [0.25, 0.3) is 0 Å². The summed E-state index contributed by atoms with van der Waals surface area (Å²) in [5, 5.41) is 5.98. The van der Waals surface area contributed by atoms with E-state index < -0.39 is 18.2 Å². The molecule has 0 saturated heterocycles. The molecule has 0 aromatic carbocycles. The molecule has 1 heterocycles. The summed E-state index contributed by atoms with van der Waals surface area (Å²) in [4.78, 5) is 16.2. The topological polar surface area (TPSA) is 72.0 Å². The average Bonchev–Trinajstić information content (AvgIpc) is 2.66. The first kappa shape index (κ1) is 15.2. The van der Waals surface area contributed by atoms with Crippen molar-refractivity contribution in [3.05, 3.63) is 12.3 Å². The summed E-state index contributed by atoms with van der Waals surface area (Å²) in [7, 11) is 0. The highest BCUT2D eigenvalue weighted by Gasteiger charge is 2.48. The molecule has 1 N–H and O–H groups in total. The third-order valence-electron chi connectivity index (χ3n) is 1.83. The van der Waals surface area contributed by atoms with Crippen LogP contribution in [-0.4, -0.2) is 29.1 Å². The maximum atomic E-state index is 12.4. The van der Waals surface area contributed by atoms with Crippen LogP contribution in [-0.2, 0) is 9.59 Å². The van der Waals surface area contributed by atoms with Gasteiger partial charge < -0.3 is 4.74 Å². The monoisotopic (exact) mass is 252 g/mol. The number of H-pyrrole nitrogens is 1. The van der Waals surface area contributed by atoms with Crippen molar-refractivity contribution in [3.63, 3.8) is 0 Å². The minimum Gasteiger partial charge on any atom is -0.477 e. The largest absolute Gasteiger partial charge is 0.477 e. The first-order valence-corrected chi connectivity index (χ1v) is 4.43. The van der Waals surface area contributed by atoms with Gasteiger partial charge in [-0.1, -0.05) is 0 Å². The number of hydrogen-bond acceptors (Lipinski definition) is 4. The molecule has 0 radical (unpaired) electrons. The summed E-state index contributed by atoms with van der Waals surface area (Å²) < 4.78 is 42.0. The second kappa shape index (κ2) is 6.05. The van der Waals surface area contributed by atoms with Crippen LogP contribution in [0.25, 0.3) is 0 Å². The zero-order valence-corrected chi connectivity index (χ0v) is 9.17. The molecule has 17 heavy (non-hydrogen) atoms. The Morgan fingerprint density at radius 3 is 2.29 bits per heavy atom. The van der Waals surface area contributed by atoms with Gasteiger partial charge in [0, 0.05) is 6.07 Å². The smallest absolute Gasteiger partial charge is 0.397 e. The molecular weight excluding hydrogens is 241 g/mol. The zero-order valence-electron chi connectivity index (χ0n) is 9.17. The second-order valence-corrected chi connectivity index (χ2v) is 3.67. The zero-order chi connectivity index (χ0) is 13.5. The Balaban J connectivity index is 0.000000770. The maximum Gasteiger partial charge on any atom is 0.397 e. The molecule has 1 aromatic heterocycles. The van der Waals surface area contributed by atoms with E-state index in [4.69, 9.17) is 14.3 Å². The van der Waals surface area contributed by atoms with E-state index in [2.05, 4.69) is 10.2 Å². The Hall–Kier alpha value is -1.82. The molecule has 8 heteroatoms. The summed E-state index contributed by atoms with van der Waals surface area (Å²) >= 11 is 0. The molecule has 5 nitrogen and oxygen atoms in total. The Kier molecular flexibility index (Phi) is 5.40. The van der Waals surface area contributed by atoms with Gasteiger partial charge >= 0.3 is 12.3 Å². The van der Waals surface area contributed by atoms with Crippen LogP contribution in [0.5, 0.6) is 5.88 Å². The van der Waals surface area contributed by atoms with Gasteiger partial charge in [0.2, 0.25) is 5.88 Å². The van der Waals surface area contributed by atoms with E-state index in [1.54, 1.807) is 0 Å². The lowest BCUT2D eigenvalue weighted by atomic mass is 9.94. The number of hydrogen-bond donors (Lipinski definition) is 1. The van der Waals surface area contributed by atoms with Crippen molar-refractivity contribution in [1.29, 1.82) is 0 Å². The Bertz CT molecular complexity index is 354. The van der Waals surface area contributed by atoms with Crippen LogP contribution in [0.4, 0.5) is 13.2 Å². The summed E-state index contributed by atoms with van der Waals surface area (Å²) in [6.45, 7) is 1.74. The van der Waals surface area contributed by atoms with Gasteiger partial charge in [-0.25, -0.2) is 5.10 Å². The molecule has 1 aromatic rings. The molecule has 0 atom stereocenters. The Morgan fingerprint density at radius 2 is 1.94 bits per heavy atom. The van der Waals surface area contributed by atoms with Crippen LogP contribution < -0.4 is 4.74 Å². The minimum atomic E-state index is -4.27. The van der Waals surface area contributed by atoms with Crippen molar-refractivity contribution < 1.29 is 27.5 Å². The standard InChI is InChI=1S/C8H11F3N2O.CO2/c1-7(2,8(9,10)11)5-14-6-3-4-12-13-6;2-1-3/h3-4H,5H2,1-2H3,(H,12,13);. The van der Waals surface area contributed by atoms with Crippen molar-refractivity contribution in [3.8, 4) is 5.88 Å². The normalized spacial score (nSPS) is 11.1. The number of nitrogens with zero attached hydrogens (tertiary/aromatic N) is 1. The van der Waals surface area contributed by atoms with E-state index in [9.17, 15) is 13.2 Å². The molecule has 0 amide bonds. The molecule has 96 valence electrons. The molecule has 0 fully saturated rings. The molecule has 0 aliphatic carbocycles. The third kappa shape index (κ3) is 5.17. The Labute approximate surface area is 95.0 Å². The van der Waals surface area contributed by atoms with Gasteiger partial charge in [-0.15, -0.1) is 0 Å². The fourth-order valence-corrected chi connectivity index (χ4v) is 0.664. The number of ether oxygens (including phenoxy) is 1. The molecular formula is C9H11F3N2O3. The van der Waals surface area contributed by atoms with Crippen molar-refractivity contribution in [2.75, 3.05) is 6.61 Å². The number of halogens is 3. The predicted octanol–water partition coefficient (Wildman–Crippen LogP) is 1.79. The molecule has 0 saturated carbocycles. The number of alkyl halides is 3. The number of aromatic amines is 1. The highest BCUT2D eigenvalue weighted by atomic mass is 19.4. The van der Waals surface area contributed by atoms with E-state index in [1.807, 2.05) is 0 Å². The van der Waals surface area contributed by atoms with Crippen molar-refractivity contribution >= 4 is 6.15 Å². The van der Waals surface area contributed by atoms with Gasteiger partial charge in [0.1, 0.15) is 6.61 Å². The van der Waals surface area contributed by atoms with E-state index in [0.29, 0.717) is 0 Å². The molecule has 0 aliphatic heterocycles. The molecule has 0 bridgehead atoms. The molecule has 0 unspecified atom stereocenters. The third-order valence-corrected chi connectivity index (χ3v) is 1.83.